The number of hydrogen-bond donors (Lipinski definition) is 1. The SMILES string of the molecule is COC(C)(C)CCC(O)C1(c2ccccc2)CCOCC1. The van der Waals surface area contributed by atoms with Gasteiger partial charge in [0.2, 0.25) is 0 Å². The summed E-state index contributed by atoms with van der Waals surface area (Å²) >= 11 is 0. The molecule has 0 saturated carbocycles. The Morgan fingerprint density at radius 1 is 1.24 bits per heavy atom. The first-order valence-electron chi connectivity index (χ1n) is 7.87. The molecule has 2 rings (SSSR count). The van der Waals surface area contributed by atoms with Crippen LogP contribution in [0.2, 0.25) is 0 Å². The van der Waals surface area contributed by atoms with E-state index in [4.69, 9.17) is 9.47 Å². The second kappa shape index (κ2) is 6.91. The van der Waals surface area contributed by atoms with Crippen molar-refractivity contribution in [1.29, 1.82) is 0 Å². The summed E-state index contributed by atoms with van der Waals surface area (Å²) in [5.74, 6) is 0. The molecule has 1 N–H and O–H groups in total. The molecule has 1 aromatic carbocycles. The van der Waals surface area contributed by atoms with Gasteiger partial charge in [0.05, 0.1) is 11.7 Å². The summed E-state index contributed by atoms with van der Waals surface area (Å²) < 4.78 is 11.0. The standard InChI is InChI=1S/C18H28O3/c1-17(2,20-3)10-9-16(19)18(11-13-21-14-12-18)15-7-5-4-6-8-15/h4-8,16,19H,9-14H2,1-3H3. The van der Waals surface area contributed by atoms with Crippen LogP contribution in [0.25, 0.3) is 0 Å². The highest BCUT2D eigenvalue weighted by atomic mass is 16.5. The largest absolute Gasteiger partial charge is 0.392 e. The Hall–Kier alpha value is -0.900. The molecular formula is C18H28O3. The van der Waals surface area contributed by atoms with Crippen molar-refractivity contribution in [2.24, 2.45) is 0 Å². The van der Waals surface area contributed by atoms with E-state index >= 15 is 0 Å². The van der Waals surface area contributed by atoms with Crippen LogP contribution in [-0.2, 0) is 14.9 Å². The van der Waals surface area contributed by atoms with E-state index in [-0.39, 0.29) is 17.1 Å². The molecule has 1 saturated heterocycles. The van der Waals surface area contributed by atoms with Crippen molar-refractivity contribution < 1.29 is 14.6 Å². The van der Waals surface area contributed by atoms with E-state index in [0.29, 0.717) is 0 Å². The second-order valence-electron chi connectivity index (χ2n) is 6.65. The molecule has 1 atom stereocenters. The maximum atomic E-state index is 10.9. The molecular weight excluding hydrogens is 264 g/mol. The minimum absolute atomic E-state index is 0.177. The monoisotopic (exact) mass is 292 g/mol. The van der Waals surface area contributed by atoms with E-state index in [2.05, 4.69) is 38.1 Å². The van der Waals surface area contributed by atoms with E-state index in [1.165, 1.54) is 5.56 Å². The van der Waals surface area contributed by atoms with Gasteiger partial charge in [-0.15, -0.1) is 0 Å². The highest BCUT2D eigenvalue weighted by Gasteiger charge is 2.41. The highest BCUT2D eigenvalue weighted by molar-refractivity contribution is 5.27. The van der Waals surface area contributed by atoms with Gasteiger partial charge in [-0.25, -0.2) is 0 Å². The highest BCUT2D eigenvalue weighted by Crippen LogP contribution is 2.40. The molecule has 118 valence electrons. The van der Waals surface area contributed by atoms with Crippen LogP contribution < -0.4 is 0 Å². The summed E-state index contributed by atoms with van der Waals surface area (Å²) in [6, 6.07) is 10.4. The van der Waals surface area contributed by atoms with Crippen molar-refractivity contribution in [3.8, 4) is 0 Å². The lowest BCUT2D eigenvalue weighted by Gasteiger charge is -2.42. The van der Waals surface area contributed by atoms with Gasteiger partial charge in [-0.2, -0.15) is 0 Å². The van der Waals surface area contributed by atoms with E-state index in [9.17, 15) is 5.11 Å². The molecule has 0 spiro atoms. The third kappa shape index (κ3) is 3.85. The Morgan fingerprint density at radius 2 is 1.86 bits per heavy atom. The van der Waals surface area contributed by atoms with Crippen molar-refractivity contribution in [2.75, 3.05) is 20.3 Å². The zero-order chi connectivity index (χ0) is 15.3. The smallest absolute Gasteiger partial charge is 0.0639 e. The molecule has 0 amide bonds. The van der Waals surface area contributed by atoms with Gasteiger partial charge in [0.25, 0.3) is 0 Å². The van der Waals surface area contributed by atoms with E-state index in [1.54, 1.807) is 7.11 Å². The fraction of sp³-hybridized carbons (Fsp3) is 0.667. The van der Waals surface area contributed by atoms with Crippen molar-refractivity contribution in [1.82, 2.24) is 0 Å². The summed E-state index contributed by atoms with van der Waals surface area (Å²) in [6.07, 6.45) is 2.99. The van der Waals surface area contributed by atoms with Gasteiger partial charge in [-0.1, -0.05) is 30.3 Å². The number of aliphatic hydroxyl groups excluding tert-OH is 1. The first-order valence-corrected chi connectivity index (χ1v) is 7.87. The van der Waals surface area contributed by atoms with Crippen LogP contribution in [0.4, 0.5) is 0 Å². The van der Waals surface area contributed by atoms with Crippen LogP contribution in [-0.4, -0.2) is 37.1 Å². The molecule has 1 unspecified atom stereocenters. The van der Waals surface area contributed by atoms with Crippen LogP contribution in [0.3, 0.4) is 0 Å². The average Bonchev–Trinajstić information content (AvgIpc) is 2.54. The van der Waals surface area contributed by atoms with Gasteiger partial charge in [0, 0.05) is 25.7 Å². The van der Waals surface area contributed by atoms with Crippen LogP contribution in [0.5, 0.6) is 0 Å². The maximum absolute atomic E-state index is 10.9. The number of methoxy groups -OCH3 is 1. The number of rotatable bonds is 6. The maximum Gasteiger partial charge on any atom is 0.0639 e. The van der Waals surface area contributed by atoms with E-state index in [1.807, 2.05) is 6.07 Å². The van der Waals surface area contributed by atoms with Crippen LogP contribution >= 0.6 is 0 Å². The summed E-state index contributed by atoms with van der Waals surface area (Å²) in [5, 5.41) is 10.9. The Morgan fingerprint density at radius 3 is 2.43 bits per heavy atom. The third-order valence-electron chi connectivity index (χ3n) is 4.94. The normalized spacial score (nSPS) is 20.2. The Kier molecular flexibility index (Phi) is 5.42. The van der Waals surface area contributed by atoms with E-state index < -0.39 is 0 Å². The minimum Gasteiger partial charge on any atom is -0.392 e. The molecule has 1 heterocycles. The van der Waals surface area contributed by atoms with Crippen molar-refractivity contribution in [2.45, 2.75) is 56.7 Å². The van der Waals surface area contributed by atoms with Gasteiger partial charge in [0.15, 0.2) is 0 Å². The average molecular weight is 292 g/mol. The summed E-state index contributed by atoms with van der Waals surface area (Å²) in [4.78, 5) is 0. The van der Waals surface area contributed by atoms with Gasteiger partial charge >= 0.3 is 0 Å². The number of ether oxygens (including phenoxy) is 2. The molecule has 21 heavy (non-hydrogen) atoms. The van der Waals surface area contributed by atoms with Crippen molar-refractivity contribution in [3.05, 3.63) is 35.9 Å². The fourth-order valence-electron chi connectivity index (χ4n) is 3.18. The molecule has 1 aliphatic heterocycles. The second-order valence-corrected chi connectivity index (χ2v) is 6.65. The van der Waals surface area contributed by atoms with Crippen LogP contribution in [0, 0.1) is 0 Å². The predicted octanol–water partition coefficient (Wildman–Crippen LogP) is 3.30. The number of aliphatic hydroxyl groups is 1. The van der Waals surface area contributed by atoms with E-state index in [0.717, 1.165) is 38.9 Å². The van der Waals surface area contributed by atoms with Gasteiger partial charge in [0.1, 0.15) is 0 Å². The molecule has 0 bridgehead atoms. The Bertz CT molecular complexity index is 421. The van der Waals surface area contributed by atoms with Gasteiger partial charge in [-0.05, 0) is 45.1 Å². The minimum atomic E-state index is -0.363. The van der Waals surface area contributed by atoms with Crippen molar-refractivity contribution >= 4 is 0 Å². The predicted molar refractivity (Wildman–Crippen MR) is 84.5 cm³/mol. The molecule has 0 aromatic heterocycles. The molecule has 1 aliphatic rings. The first-order chi connectivity index (χ1) is 10.0. The first kappa shape index (κ1) is 16.5. The molecule has 3 heteroatoms. The quantitative estimate of drug-likeness (QED) is 0.874. The lowest BCUT2D eigenvalue weighted by molar-refractivity contribution is -0.0384. The van der Waals surface area contributed by atoms with Gasteiger partial charge < -0.3 is 14.6 Å². The third-order valence-corrected chi connectivity index (χ3v) is 4.94. The van der Waals surface area contributed by atoms with Crippen LogP contribution in [0.15, 0.2) is 30.3 Å². The number of benzene rings is 1. The molecule has 1 aromatic rings. The Labute approximate surface area is 128 Å². The molecule has 1 fully saturated rings. The summed E-state index contributed by atoms with van der Waals surface area (Å²) in [7, 11) is 1.73. The zero-order valence-electron chi connectivity index (χ0n) is 13.5. The lowest BCUT2D eigenvalue weighted by atomic mass is 9.68. The summed E-state index contributed by atoms with van der Waals surface area (Å²) in [5.41, 5.74) is 0.865. The number of hydrogen-bond acceptors (Lipinski definition) is 3. The van der Waals surface area contributed by atoms with Gasteiger partial charge in [-0.3, -0.25) is 0 Å². The topological polar surface area (TPSA) is 38.7 Å². The van der Waals surface area contributed by atoms with Crippen LogP contribution in [0.1, 0.15) is 45.1 Å². The Balaban J connectivity index is 2.16. The lowest BCUT2D eigenvalue weighted by Crippen LogP contribution is -2.45. The molecule has 0 aliphatic carbocycles. The summed E-state index contributed by atoms with van der Waals surface area (Å²) in [6.45, 7) is 5.58. The molecule has 0 radical (unpaired) electrons. The fourth-order valence-corrected chi connectivity index (χ4v) is 3.18. The zero-order valence-corrected chi connectivity index (χ0v) is 13.5. The van der Waals surface area contributed by atoms with Crippen molar-refractivity contribution in [3.63, 3.8) is 0 Å². The molecule has 3 nitrogen and oxygen atoms in total.